The number of nitrogen functional groups attached to an aromatic ring is 1. The largest absolute Gasteiger partial charge is 0.399 e. The molecule has 0 atom stereocenters. The highest BCUT2D eigenvalue weighted by Gasteiger charge is 2.26. The summed E-state index contributed by atoms with van der Waals surface area (Å²) in [4.78, 5) is 23.2. The van der Waals surface area contributed by atoms with Crippen molar-refractivity contribution in [1.29, 1.82) is 0 Å². The Balaban J connectivity index is 1.94. The Hall–Kier alpha value is -1.75. The van der Waals surface area contributed by atoms with Gasteiger partial charge in [0.25, 0.3) is 5.91 Å². The van der Waals surface area contributed by atoms with Crippen molar-refractivity contribution < 1.29 is 9.59 Å². The SMILES string of the molecule is NC(=O)C1CCC(NC(=O)c2ccc(N)cc2Cl)CC1. The molecule has 2 amide bonds. The van der Waals surface area contributed by atoms with E-state index in [-0.39, 0.29) is 23.8 Å². The molecule has 5 nitrogen and oxygen atoms in total. The lowest BCUT2D eigenvalue weighted by Crippen LogP contribution is -2.39. The van der Waals surface area contributed by atoms with Gasteiger partial charge in [-0.25, -0.2) is 0 Å². The molecule has 1 aromatic rings. The van der Waals surface area contributed by atoms with Crippen LogP contribution in [0.1, 0.15) is 36.0 Å². The summed E-state index contributed by atoms with van der Waals surface area (Å²) >= 11 is 6.00. The lowest BCUT2D eigenvalue weighted by atomic mass is 9.85. The molecule has 1 saturated carbocycles. The van der Waals surface area contributed by atoms with Crippen LogP contribution in [0.2, 0.25) is 5.02 Å². The maximum absolute atomic E-state index is 12.1. The second-order valence-corrected chi connectivity index (χ2v) is 5.57. The van der Waals surface area contributed by atoms with E-state index in [4.69, 9.17) is 23.1 Å². The third-order valence-corrected chi connectivity index (χ3v) is 4.02. The van der Waals surface area contributed by atoms with Crippen molar-refractivity contribution in [3.8, 4) is 0 Å². The van der Waals surface area contributed by atoms with E-state index in [1.807, 2.05) is 0 Å². The number of rotatable bonds is 3. The van der Waals surface area contributed by atoms with Crippen molar-refractivity contribution in [2.75, 3.05) is 5.73 Å². The maximum Gasteiger partial charge on any atom is 0.253 e. The van der Waals surface area contributed by atoms with Crippen LogP contribution in [0.5, 0.6) is 0 Å². The monoisotopic (exact) mass is 295 g/mol. The van der Waals surface area contributed by atoms with Crippen LogP contribution in [0.4, 0.5) is 5.69 Å². The predicted molar refractivity (Wildman–Crippen MR) is 78.3 cm³/mol. The topological polar surface area (TPSA) is 98.2 Å². The van der Waals surface area contributed by atoms with Gasteiger partial charge in [0, 0.05) is 17.6 Å². The molecule has 0 aliphatic heterocycles. The molecule has 0 spiro atoms. The molecule has 1 aliphatic rings. The molecule has 0 bridgehead atoms. The minimum absolute atomic E-state index is 0.0618. The molecular formula is C14H18ClN3O2. The van der Waals surface area contributed by atoms with Crippen molar-refractivity contribution >= 4 is 29.1 Å². The van der Waals surface area contributed by atoms with Crippen molar-refractivity contribution in [3.63, 3.8) is 0 Å². The molecule has 1 fully saturated rings. The molecule has 0 heterocycles. The number of nitrogens with one attached hydrogen (secondary N) is 1. The van der Waals surface area contributed by atoms with E-state index in [0.29, 0.717) is 16.3 Å². The number of anilines is 1. The fourth-order valence-electron chi connectivity index (χ4n) is 2.50. The summed E-state index contributed by atoms with van der Waals surface area (Å²) in [6.07, 6.45) is 2.95. The van der Waals surface area contributed by atoms with Gasteiger partial charge >= 0.3 is 0 Å². The molecule has 0 aromatic heterocycles. The number of carbonyl (C=O) groups excluding carboxylic acids is 2. The van der Waals surface area contributed by atoms with Gasteiger partial charge in [0.05, 0.1) is 10.6 Å². The van der Waals surface area contributed by atoms with Gasteiger partial charge in [-0.1, -0.05) is 11.6 Å². The van der Waals surface area contributed by atoms with Crippen LogP contribution in [0.25, 0.3) is 0 Å². The molecule has 1 aromatic carbocycles. The lowest BCUT2D eigenvalue weighted by molar-refractivity contribution is -0.122. The highest BCUT2D eigenvalue weighted by atomic mass is 35.5. The molecule has 2 rings (SSSR count). The summed E-state index contributed by atoms with van der Waals surface area (Å²) in [5.74, 6) is -0.530. The smallest absolute Gasteiger partial charge is 0.253 e. The van der Waals surface area contributed by atoms with Crippen molar-refractivity contribution in [3.05, 3.63) is 28.8 Å². The zero-order valence-electron chi connectivity index (χ0n) is 11.1. The zero-order chi connectivity index (χ0) is 14.7. The quantitative estimate of drug-likeness (QED) is 0.740. The highest BCUT2D eigenvalue weighted by molar-refractivity contribution is 6.34. The number of carbonyl (C=O) groups is 2. The minimum atomic E-state index is -0.253. The van der Waals surface area contributed by atoms with E-state index >= 15 is 0 Å². The third kappa shape index (κ3) is 3.42. The Labute approximate surface area is 122 Å². The van der Waals surface area contributed by atoms with Gasteiger partial charge < -0.3 is 16.8 Å². The first-order chi connectivity index (χ1) is 9.47. The summed E-state index contributed by atoms with van der Waals surface area (Å²) in [7, 11) is 0. The molecule has 0 saturated heterocycles. The minimum Gasteiger partial charge on any atom is -0.399 e. The van der Waals surface area contributed by atoms with Gasteiger partial charge in [0.1, 0.15) is 0 Å². The van der Waals surface area contributed by atoms with Gasteiger partial charge in [-0.3, -0.25) is 9.59 Å². The highest BCUT2D eigenvalue weighted by Crippen LogP contribution is 2.25. The van der Waals surface area contributed by atoms with E-state index in [1.165, 1.54) is 0 Å². The van der Waals surface area contributed by atoms with E-state index < -0.39 is 0 Å². The van der Waals surface area contributed by atoms with E-state index in [1.54, 1.807) is 18.2 Å². The second kappa shape index (κ2) is 6.13. The Kier molecular flexibility index (Phi) is 4.49. The van der Waals surface area contributed by atoms with Gasteiger partial charge in [-0.05, 0) is 43.9 Å². The van der Waals surface area contributed by atoms with Gasteiger partial charge in [-0.15, -0.1) is 0 Å². The summed E-state index contributed by atoms with van der Waals surface area (Å²) in [6, 6.07) is 4.87. The molecule has 0 radical (unpaired) electrons. The number of benzene rings is 1. The summed E-state index contributed by atoms with van der Waals surface area (Å²) < 4.78 is 0. The maximum atomic E-state index is 12.1. The van der Waals surface area contributed by atoms with E-state index in [2.05, 4.69) is 5.32 Å². The molecular weight excluding hydrogens is 278 g/mol. The molecule has 108 valence electrons. The molecule has 20 heavy (non-hydrogen) atoms. The zero-order valence-corrected chi connectivity index (χ0v) is 11.8. The van der Waals surface area contributed by atoms with Crippen molar-refractivity contribution in [1.82, 2.24) is 5.32 Å². The predicted octanol–water partition coefficient (Wildman–Crippen LogP) is 1.70. The van der Waals surface area contributed by atoms with Crippen molar-refractivity contribution in [2.45, 2.75) is 31.7 Å². The van der Waals surface area contributed by atoms with Crippen LogP contribution in [0.15, 0.2) is 18.2 Å². The third-order valence-electron chi connectivity index (χ3n) is 3.70. The summed E-state index contributed by atoms with van der Waals surface area (Å²) in [5.41, 5.74) is 11.8. The number of hydrogen-bond donors (Lipinski definition) is 3. The molecule has 6 heteroatoms. The van der Waals surface area contributed by atoms with Crippen LogP contribution < -0.4 is 16.8 Å². The summed E-state index contributed by atoms with van der Waals surface area (Å²) in [6.45, 7) is 0. The fourth-order valence-corrected chi connectivity index (χ4v) is 2.78. The fraction of sp³-hybridized carbons (Fsp3) is 0.429. The van der Waals surface area contributed by atoms with Crippen LogP contribution in [-0.4, -0.2) is 17.9 Å². The first-order valence-electron chi connectivity index (χ1n) is 6.62. The Morgan fingerprint density at radius 3 is 2.40 bits per heavy atom. The Bertz CT molecular complexity index is 525. The van der Waals surface area contributed by atoms with Crippen molar-refractivity contribution in [2.24, 2.45) is 11.7 Å². The Morgan fingerprint density at radius 1 is 1.20 bits per heavy atom. The standard InChI is InChI=1S/C14H18ClN3O2/c15-12-7-9(16)3-6-11(12)14(20)18-10-4-1-8(2-5-10)13(17)19/h3,6-8,10H,1-2,4-5,16H2,(H2,17,19)(H,18,20). The number of primary amides is 1. The first-order valence-corrected chi connectivity index (χ1v) is 7.00. The average molecular weight is 296 g/mol. The van der Waals surface area contributed by atoms with Gasteiger partial charge in [0.15, 0.2) is 0 Å². The molecule has 5 N–H and O–H groups in total. The lowest BCUT2D eigenvalue weighted by Gasteiger charge is -2.27. The molecule has 1 aliphatic carbocycles. The number of halogens is 1. The van der Waals surface area contributed by atoms with Crippen LogP contribution in [0, 0.1) is 5.92 Å². The Morgan fingerprint density at radius 2 is 1.85 bits per heavy atom. The van der Waals surface area contributed by atoms with Gasteiger partial charge in [0.2, 0.25) is 5.91 Å². The summed E-state index contributed by atoms with van der Waals surface area (Å²) in [5, 5.41) is 3.28. The second-order valence-electron chi connectivity index (χ2n) is 5.16. The van der Waals surface area contributed by atoms with Crippen LogP contribution in [0.3, 0.4) is 0 Å². The number of amides is 2. The van der Waals surface area contributed by atoms with E-state index in [0.717, 1.165) is 25.7 Å². The molecule has 0 unspecified atom stereocenters. The normalized spacial score (nSPS) is 22.2. The average Bonchev–Trinajstić information content (AvgIpc) is 2.39. The van der Waals surface area contributed by atoms with Gasteiger partial charge in [-0.2, -0.15) is 0 Å². The van der Waals surface area contributed by atoms with E-state index in [9.17, 15) is 9.59 Å². The van der Waals surface area contributed by atoms with Crippen LogP contribution in [-0.2, 0) is 4.79 Å². The first kappa shape index (κ1) is 14.7. The van der Waals surface area contributed by atoms with Crippen LogP contribution >= 0.6 is 11.6 Å². The number of nitrogens with two attached hydrogens (primary N) is 2. The number of hydrogen-bond acceptors (Lipinski definition) is 3.